The van der Waals surface area contributed by atoms with Crippen molar-refractivity contribution in [2.75, 3.05) is 42.5 Å². The molecule has 0 aliphatic carbocycles. The molecule has 3 aromatic rings. The lowest BCUT2D eigenvalue weighted by Crippen LogP contribution is -2.51. The first-order chi connectivity index (χ1) is 15.2. The summed E-state index contributed by atoms with van der Waals surface area (Å²) in [7, 11) is 0. The van der Waals surface area contributed by atoms with Gasteiger partial charge in [-0.1, -0.05) is 24.3 Å². The average Bonchev–Trinajstić information content (AvgIpc) is 3.50. The van der Waals surface area contributed by atoms with Crippen molar-refractivity contribution in [3.63, 3.8) is 0 Å². The molecule has 158 valence electrons. The van der Waals surface area contributed by atoms with Crippen LogP contribution in [0.2, 0.25) is 0 Å². The molecule has 5 rings (SSSR count). The summed E-state index contributed by atoms with van der Waals surface area (Å²) in [5.41, 5.74) is 1.73. The fourth-order valence-electron chi connectivity index (χ4n) is 4.19. The Hall–Kier alpha value is -3.26. The van der Waals surface area contributed by atoms with Crippen LogP contribution in [0, 0.1) is 5.92 Å². The minimum Gasteiger partial charge on any atom is -0.352 e. The van der Waals surface area contributed by atoms with Gasteiger partial charge < -0.3 is 14.7 Å². The van der Waals surface area contributed by atoms with Gasteiger partial charge in [0.15, 0.2) is 5.82 Å². The van der Waals surface area contributed by atoms with Crippen LogP contribution in [0.15, 0.2) is 60.0 Å². The Kier molecular flexibility index (Phi) is 5.38. The van der Waals surface area contributed by atoms with Crippen LogP contribution in [-0.4, -0.2) is 59.6 Å². The van der Waals surface area contributed by atoms with Crippen LogP contribution in [0.4, 0.5) is 11.5 Å². The Morgan fingerprint density at radius 2 is 1.74 bits per heavy atom. The highest BCUT2D eigenvalue weighted by molar-refractivity contribution is 7.13. The molecule has 2 fully saturated rings. The van der Waals surface area contributed by atoms with E-state index >= 15 is 0 Å². The van der Waals surface area contributed by atoms with Gasteiger partial charge in [-0.05, 0) is 35.7 Å². The summed E-state index contributed by atoms with van der Waals surface area (Å²) in [4.78, 5) is 32.4. The number of hydrogen-bond donors (Lipinski definition) is 0. The van der Waals surface area contributed by atoms with Crippen molar-refractivity contribution in [2.24, 2.45) is 5.92 Å². The predicted octanol–water partition coefficient (Wildman–Crippen LogP) is 2.91. The summed E-state index contributed by atoms with van der Waals surface area (Å²) in [6, 6.07) is 17.6. The van der Waals surface area contributed by atoms with Crippen molar-refractivity contribution in [1.82, 2.24) is 15.1 Å². The van der Waals surface area contributed by atoms with Crippen molar-refractivity contribution in [2.45, 2.75) is 6.42 Å². The SMILES string of the molecule is O=C(C1CC(=O)N(c2ccccc2)C1)N1CCN(c2ccc(-c3cccs3)nn2)CC1. The molecule has 7 nitrogen and oxygen atoms in total. The number of para-hydroxylation sites is 1. The lowest BCUT2D eigenvalue weighted by atomic mass is 10.1. The van der Waals surface area contributed by atoms with E-state index in [9.17, 15) is 9.59 Å². The minimum atomic E-state index is -0.274. The first-order valence-corrected chi connectivity index (χ1v) is 11.3. The molecule has 1 unspecified atom stereocenters. The smallest absolute Gasteiger partial charge is 0.228 e. The van der Waals surface area contributed by atoms with Gasteiger partial charge in [-0.3, -0.25) is 9.59 Å². The Balaban J connectivity index is 1.18. The van der Waals surface area contributed by atoms with Crippen molar-refractivity contribution in [1.29, 1.82) is 0 Å². The summed E-state index contributed by atoms with van der Waals surface area (Å²) >= 11 is 1.64. The molecule has 2 aromatic heterocycles. The zero-order valence-electron chi connectivity index (χ0n) is 17.1. The molecule has 8 heteroatoms. The van der Waals surface area contributed by atoms with Crippen LogP contribution < -0.4 is 9.80 Å². The maximum Gasteiger partial charge on any atom is 0.228 e. The molecule has 0 spiro atoms. The molecule has 0 radical (unpaired) electrons. The number of carbonyl (C=O) groups is 2. The second-order valence-corrected chi connectivity index (χ2v) is 8.76. The van der Waals surface area contributed by atoms with E-state index in [1.807, 2.05) is 64.9 Å². The lowest BCUT2D eigenvalue weighted by Gasteiger charge is -2.36. The number of benzene rings is 1. The Morgan fingerprint density at radius 3 is 2.42 bits per heavy atom. The minimum absolute atomic E-state index is 0.0179. The lowest BCUT2D eigenvalue weighted by molar-refractivity contribution is -0.136. The molecule has 0 N–H and O–H groups in total. The Morgan fingerprint density at radius 1 is 0.935 bits per heavy atom. The molecule has 1 aromatic carbocycles. The molecule has 2 amide bonds. The number of piperazine rings is 1. The van der Waals surface area contributed by atoms with E-state index in [-0.39, 0.29) is 24.2 Å². The van der Waals surface area contributed by atoms with Crippen molar-refractivity contribution in [3.05, 3.63) is 60.0 Å². The summed E-state index contributed by atoms with van der Waals surface area (Å²) in [5.74, 6) is 0.651. The summed E-state index contributed by atoms with van der Waals surface area (Å²) < 4.78 is 0. The number of thiophene rings is 1. The highest BCUT2D eigenvalue weighted by Crippen LogP contribution is 2.27. The van der Waals surface area contributed by atoms with Crippen LogP contribution >= 0.6 is 11.3 Å². The summed E-state index contributed by atoms with van der Waals surface area (Å²) in [6.07, 6.45) is 0.281. The Bertz CT molecular complexity index is 1050. The number of nitrogens with zero attached hydrogens (tertiary/aromatic N) is 5. The monoisotopic (exact) mass is 433 g/mol. The number of carbonyl (C=O) groups excluding carboxylic acids is 2. The fraction of sp³-hybridized carbons (Fsp3) is 0.304. The first-order valence-electron chi connectivity index (χ1n) is 10.5. The molecule has 2 saturated heterocycles. The van der Waals surface area contributed by atoms with E-state index in [4.69, 9.17) is 0 Å². The molecule has 2 aliphatic heterocycles. The molecule has 0 saturated carbocycles. The largest absolute Gasteiger partial charge is 0.352 e. The van der Waals surface area contributed by atoms with Gasteiger partial charge in [0, 0.05) is 44.8 Å². The van der Waals surface area contributed by atoms with Crippen LogP contribution in [-0.2, 0) is 9.59 Å². The third kappa shape index (κ3) is 4.03. The van der Waals surface area contributed by atoms with Gasteiger partial charge in [0.25, 0.3) is 0 Å². The van der Waals surface area contributed by atoms with Gasteiger partial charge in [-0.2, -0.15) is 0 Å². The van der Waals surface area contributed by atoms with Crippen LogP contribution in [0.3, 0.4) is 0 Å². The molecule has 2 aliphatic rings. The zero-order valence-corrected chi connectivity index (χ0v) is 17.9. The van der Waals surface area contributed by atoms with Crippen LogP contribution in [0.25, 0.3) is 10.6 Å². The number of amides is 2. The molecule has 31 heavy (non-hydrogen) atoms. The molecular weight excluding hydrogens is 410 g/mol. The third-order valence-electron chi connectivity index (χ3n) is 5.88. The highest BCUT2D eigenvalue weighted by Gasteiger charge is 2.38. The summed E-state index contributed by atoms with van der Waals surface area (Å²) in [5, 5.41) is 10.8. The topological polar surface area (TPSA) is 69.6 Å². The van der Waals surface area contributed by atoms with E-state index in [0.29, 0.717) is 32.7 Å². The maximum atomic E-state index is 13.0. The highest BCUT2D eigenvalue weighted by atomic mass is 32.1. The van der Waals surface area contributed by atoms with Crippen molar-refractivity contribution < 1.29 is 9.59 Å². The summed E-state index contributed by atoms with van der Waals surface area (Å²) in [6.45, 7) is 3.13. The molecule has 1 atom stereocenters. The number of rotatable bonds is 4. The zero-order chi connectivity index (χ0) is 21.2. The normalized spacial score (nSPS) is 19.2. The third-order valence-corrected chi connectivity index (χ3v) is 6.77. The second kappa shape index (κ2) is 8.47. The molecule has 0 bridgehead atoms. The molecular formula is C23H23N5O2S. The van der Waals surface area contributed by atoms with Crippen molar-refractivity contribution in [3.8, 4) is 10.6 Å². The van der Waals surface area contributed by atoms with Crippen LogP contribution in [0.1, 0.15) is 6.42 Å². The van der Waals surface area contributed by atoms with E-state index in [1.54, 1.807) is 16.2 Å². The van der Waals surface area contributed by atoms with Gasteiger partial charge in [0.1, 0.15) is 5.69 Å². The number of hydrogen-bond acceptors (Lipinski definition) is 6. The van der Waals surface area contributed by atoms with Gasteiger partial charge in [0.05, 0.1) is 10.8 Å². The van der Waals surface area contributed by atoms with Gasteiger partial charge in [-0.15, -0.1) is 21.5 Å². The number of aromatic nitrogens is 2. The second-order valence-electron chi connectivity index (χ2n) is 7.81. The van der Waals surface area contributed by atoms with Gasteiger partial charge in [-0.25, -0.2) is 0 Å². The Labute approximate surface area is 184 Å². The standard InChI is InChI=1S/C23H23N5O2S/c29-22-15-17(16-28(22)18-5-2-1-3-6-18)23(30)27-12-10-26(11-13-27)21-9-8-19(24-25-21)20-7-4-14-31-20/h1-9,14,17H,10-13,15-16H2. The maximum absolute atomic E-state index is 13.0. The quantitative estimate of drug-likeness (QED) is 0.633. The number of anilines is 2. The predicted molar refractivity (Wildman–Crippen MR) is 121 cm³/mol. The van der Waals surface area contributed by atoms with E-state index in [1.165, 1.54) is 0 Å². The van der Waals surface area contributed by atoms with E-state index in [2.05, 4.69) is 15.1 Å². The first kappa shape index (κ1) is 19.7. The van der Waals surface area contributed by atoms with E-state index < -0.39 is 0 Å². The van der Waals surface area contributed by atoms with Crippen LogP contribution in [0.5, 0.6) is 0 Å². The fourth-order valence-corrected chi connectivity index (χ4v) is 4.88. The van der Waals surface area contributed by atoms with Gasteiger partial charge >= 0.3 is 0 Å². The van der Waals surface area contributed by atoms with Crippen molar-refractivity contribution >= 4 is 34.7 Å². The van der Waals surface area contributed by atoms with E-state index in [0.717, 1.165) is 22.1 Å². The molecule has 4 heterocycles. The average molecular weight is 434 g/mol. The van der Waals surface area contributed by atoms with Gasteiger partial charge in [0.2, 0.25) is 11.8 Å².